The maximum Gasteiger partial charge on any atom is 0.295 e. The molecule has 0 aliphatic carbocycles. The highest BCUT2D eigenvalue weighted by Crippen LogP contribution is 2.39. The van der Waals surface area contributed by atoms with Crippen molar-refractivity contribution in [1.29, 1.82) is 0 Å². The van der Waals surface area contributed by atoms with Crippen LogP contribution in [0.3, 0.4) is 0 Å². The number of carbonyl (C=O) groups excluding carboxylic acids is 2. The van der Waals surface area contributed by atoms with Crippen LogP contribution in [0.25, 0.3) is 5.76 Å². The zero-order valence-corrected chi connectivity index (χ0v) is 18.6. The van der Waals surface area contributed by atoms with Gasteiger partial charge in [0.2, 0.25) is 0 Å². The Bertz CT molecular complexity index is 1000. The van der Waals surface area contributed by atoms with Gasteiger partial charge in [-0.2, -0.15) is 0 Å². The van der Waals surface area contributed by atoms with Crippen molar-refractivity contribution in [3.63, 3.8) is 0 Å². The van der Waals surface area contributed by atoms with Crippen LogP contribution in [0.4, 0.5) is 4.39 Å². The van der Waals surface area contributed by atoms with Gasteiger partial charge in [0.25, 0.3) is 11.7 Å². The first-order valence-electron chi connectivity index (χ1n) is 10.3. The number of halogens is 1. The first-order chi connectivity index (χ1) is 14.5. The molecule has 1 aliphatic heterocycles. The minimum atomic E-state index is -0.731. The van der Waals surface area contributed by atoms with Gasteiger partial charge in [0, 0.05) is 18.7 Å². The zero-order valence-electron chi connectivity index (χ0n) is 18.6. The summed E-state index contributed by atoms with van der Waals surface area (Å²) in [6.45, 7) is 7.24. The van der Waals surface area contributed by atoms with Gasteiger partial charge in [0.15, 0.2) is 0 Å². The van der Waals surface area contributed by atoms with Crippen LogP contribution in [-0.4, -0.2) is 53.8 Å². The van der Waals surface area contributed by atoms with E-state index in [1.807, 2.05) is 43.3 Å². The zero-order chi connectivity index (χ0) is 22.9. The second-order valence-corrected chi connectivity index (χ2v) is 9.17. The summed E-state index contributed by atoms with van der Waals surface area (Å²) in [7, 11) is 3.78. The SMILES string of the molecule is CN(C)CCN1C(=O)C(=O)/C(=C(\O)c2ccc(F)cc2)C1c1ccc(C(C)(C)C)cc1. The molecule has 2 aromatic rings. The van der Waals surface area contributed by atoms with Gasteiger partial charge in [0.05, 0.1) is 11.6 Å². The van der Waals surface area contributed by atoms with Gasteiger partial charge in [-0.05, 0) is 54.9 Å². The van der Waals surface area contributed by atoms with Gasteiger partial charge < -0.3 is 14.9 Å². The molecule has 1 heterocycles. The number of Topliss-reactive ketones (excluding diaryl/α,β-unsaturated/α-hetero) is 1. The average Bonchev–Trinajstić information content (AvgIpc) is 2.96. The molecule has 0 saturated carbocycles. The average molecular weight is 425 g/mol. The molecule has 6 heteroatoms. The van der Waals surface area contributed by atoms with Crippen LogP contribution in [0, 0.1) is 5.82 Å². The van der Waals surface area contributed by atoms with Crippen LogP contribution >= 0.6 is 0 Å². The predicted molar refractivity (Wildman–Crippen MR) is 119 cm³/mol. The van der Waals surface area contributed by atoms with Crippen molar-refractivity contribution in [3.05, 3.63) is 76.6 Å². The summed E-state index contributed by atoms with van der Waals surface area (Å²) in [6, 6.07) is 12.3. The molecule has 1 N–H and O–H groups in total. The second-order valence-electron chi connectivity index (χ2n) is 9.17. The summed E-state index contributed by atoms with van der Waals surface area (Å²) in [5.74, 6) is -2.12. The van der Waals surface area contributed by atoms with Gasteiger partial charge in [-0.25, -0.2) is 4.39 Å². The van der Waals surface area contributed by atoms with Crippen LogP contribution in [-0.2, 0) is 15.0 Å². The molecule has 31 heavy (non-hydrogen) atoms. The van der Waals surface area contributed by atoms with Gasteiger partial charge in [0.1, 0.15) is 11.6 Å². The normalized spacial score (nSPS) is 18.8. The first kappa shape index (κ1) is 22.7. The highest BCUT2D eigenvalue weighted by molar-refractivity contribution is 6.46. The minimum Gasteiger partial charge on any atom is -0.507 e. The molecule has 3 rings (SSSR count). The lowest BCUT2D eigenvalue weighted by Crippen LogP contribution is -2.35. The van der Waals surface area contributed by atoms with E-state index in [9.17, 15) is 19.1 Å². The van der Waals surface area contributed by atoms with Crippen LogP contribution < -0.4 is 0 Å². The number of hydrogen-bond donors (Lipinski definition) is 1. The molecule has 0 aromatic heterocycles. The fraction of sp³-hybridized carbons (Fsp3) is 0.360. The molecule has 164 valence electrons. The fourth-order valence-electron chi connectivity index (χ4n) is 3.69. The summed E-state index contributed by atoms with van der Waals surface area (Å²) in [4.78, 5) is 29.3. The number of ketones is 1. The van der Waals surface area contributed by atoms with E-state index in [1.165, 1.54) is 29.2 Å². The standard InChI is InChI=1S/C25H29FN2O3/c1-25(2,3)18-10-6-16(7-11-18)21-20(22(29)17-8-12-19(26)13-9-17)23(30)24(31)28(21)15-14-27(4)5/h6-13,21,29H,14-15H2,1-5H3/b22-20-. The monoisotopic (exact) mass is 424 g/mol. The van der Waals surface area contributed by atoms with Gasteiger partial charge >= 0.3 is 0 Å². The lowest BCUT2D eigenvalue weighted by molar-refractivity contribution is -0.140. The number of rotatable bonds is 5. The smallest absolute Gasteiger partial charge is 0.295 e. The van der Waals surface area contributed by atoms with Crippen molar-refractivity contribution >= 4 is 17.4 Å². The maximum atomic E-state index is 13.3. The Morgan fingerprint density at radius 2 is 1.61 bits per heavy atom. The molecule has 1 saturated heterocycles. The molecule has 2 aromatic carbocycles. The van der Waals surface area contributed by atoms with Crippen LogP contribution in [0.1, 0.15) is 43.5 Å². The summed E-state index contributed by atoms with van der Waals surface area (Å²) >= 11 is 0. The number of benzene rings is 2. The van der Waals surface area contributed by atoms with E-state index in [0.29, 0.717) is 18.7 Å². The third-order valence-corrected chi connectivity index (χ3v) is 5.54. The predicted octanol–water partition coefficient (Wildman–Crippen LogP) is 4.11. The lowest BCUT2D eigenvalue weighted by Gasteiger charge is -2.27. The van der Waals surface area contributed by atoms with E-state index in [4.69, 9.17) is 0 Å². The minimum absolute atomic E-state index is 0.0267. The largest absolute Gasteiger partial charge is 0.507 e. The Morgan fingerprint density at radius 1 is 1.03 bits per heavy atom. The molecule has 1 fully saturated rings. The van der Waals surface area contributed by atoms with E-state index in [2.05, 4.69) is 20.8 Å². The molecule has 1 atom stereocenters. The van der Waals surface area contributed by atoms with Crippen molar-refractivity contribution in [3.8, 4) is 0 Å². The quantitative estimate of drug-likeness (QED) is 0.446. The molecule has 5 nitrogen and oxygen atoms in total. The molecular formula is C25H29FN2O3. The first-order valence-corrected chi connectivity index (χ1v) is 10.3. The van der Waals surface area contributed by atoms with Crippen LogP contribution in [0.15, 0.2) is 54.1 Å². The molecule has 0 radical (unpaired) electrons. The van der Waals surface area contributed by atoms with Crippen LogP contribution in [0.5, 0.6) is 0 Å². The second kappa shape index (κ2) is 8.63. The molecule has 0 spiro atoms. The van der Waals surface area contributed by atoms with Crippen molar-refractivity contribution in [2.75, 3.05) is 27.2 Å². The Hall–Kier alpha value is -2.99. The van der Waals surface area contributed by atoms with Crippen LogP contribution in [0.2, 0.25) is 0 Å². The summed E-state index contributed by atoms with van der Waals surface area (Å²) < 4.78 is 13.3. The topological polar surface area (TPSA) is 60.9 Å². The number of amides is 1. The van der Waals surface area contributed by atoms with Crippen molar-refractivity contribution in [1.82, 2.24) is 9.80 Å². The number of likely N-dealkylation sites (tertiary alicyclic amines) is 1. The number of likely N-dealkylation sites (N-methyl/N-ethyl adjacent to an activating group) is 1. The Labute approximate surface area is 182 Å². The highest BCUT2D eigenvalue weighted by Gasteiger charge is 2.45. The molecular weight excluding hydrogens is 395 g/mol. The number of nitrogens with zero attached hydrogens (tertiary/aromatic N) is 2. The van der Waals surface area contributed by atoms with Crippen molar-refractivity contribution in [2.24, 2.45) is 0 Å². The maximum absolute atomic E-state index is 13.3. The van der Waals surface area contributed by atoms with Gasteiger partial charge in [-0.1, -0.05) is 45.0 Å². The summed E-state index contributed by atoms with van der Waals surface area (Å²) in [5.41, 5.74) is 2.15. The van der Waals surface area contributed by atoms with Gasteiger partial charge in [-0.3, -0.25) is 9.59 Å². The highest BCUT2D eigenvalue weighted by atomic mass is 19.1. The number of carbonyl (C=O) groups is 2. The van der Waals surface area contributed by atoms with Crippen molar-refractivity contribution < 1.29 is 19.1 Å². The summed E-state index contributed by atoms with van der Waals surface area (Å²) in [6.07, 6.45) is 0. The van der Waals surface area contributed by atoms with E-state index >= 15 is 0 Å². The van der Waals surface area contributed by atoms with E-state index < -0.39 is 23.5 Å². The molecule has 0 bridgehead atoms. The fourth-order valence-corrected chi connectivity index (χ4v) is 3.69. The summed E-state index contributed by atoms with van der Waals surface area (Å²) in [5, 5.41) is 11.0. The third-order valence-electron chi connectivity index (χ3n) is 5.54. The number of aliphatic hydroxyl groups excluding tert-OH is 1. The Kier molecular flexibility index (Phi) is 6.32. The Balaban J connectivity index is 2.13. The van der Waals surface area contributed by atoms with Gasteiger partial charge in [-0.15, -0.1) is 0 Å². The lowest BCUT2D eigenvalue weighted by atomic mass is 9.85. The Morgan fingerprint density at radius 3 is 2.13 bits per heavy atom. The number of aliphatic hydroxyl groups is 1. The molecule has 1 amide bonds. The molecule has 1 unspecified atom stereocenters. The van der Waals surface area contributed by atoms with E-state index in [1.54, 1.807) is 0 Å². The number of hydrogen-bond acceptors (Lipinski definition) is 4. The van der Waals surface area contributed by atoms with E-state index in [0.717, 1.165) is 11.1 Å². The van der Waals surface area contributed by atoms with E-state index in [-0.39, 0.29) is 16.7 Å². The molecule has 1 aliphatic rings. The third kappa shape index (κ3) is 4.69. The van der Waals surface area contributed by atoms with Crippen molar-refractivity contribution in [2.45, 2.75) is 32.2 Å².